The maximum absolute atomic E-state index is 5.27. The van der Waals surface area contributed by atoms with Crippen LogP contribution in [0.25, 0.3) is 0 Å². The van der Waals surface area contributed by atoms with E-state index >= 15 is 0 Å². The van der Waals surface area contributed by atoms with E-state index in [1.54, 1.807) is 0 Å². The highest BCUT2D eigenvalue weighted by Gasteiger charge is 2.07. The first-order chi connectivity index (χ1) is 6.06. The molecular weight excluding hydrogens is 160 g/mol. The molecule has 1 heteroatoms. The van der Waals surface area contributed by atoms with Gasteiger partial charge in [-0.2, -0.15) is 0 Å². The molecule has 0 atom stereocenters. The lowest BCUT2D eigenvalue weighted by molar-refractivity contribution is 0.0961. The Kier molecular flexibility index (Phi) is 6.49. The number of unbranched alkanes of at least 4 members (excludes halogenated alkanes) is 4. The van der Waals surface area contributed by atoms with Gasteiger partial charge in [-0.25, -0.2) is 0 Å². The van der Waals surface area contributed by atoms with E-state index in [4.69, 9.17) is 4.74 Å². The summed E-state index contributed by atoms with van der Waals surface area (Å²) in [6.45, 7) is 8.25. The zero-order chi connectivity index (χ0) is 10.2. The van der Waals surface area contributed by atoms with E-state index in [2.05, 4.69) is 19.0 Å². The molecule has 0 aromatic carbocycles. The van der Waals surface area contributed by atoms with Gasteiger partial charge in [0, 0.05) is 6.42 Å². The van der Waals surface area contributed by atoms with Gasteiger partial charge in [0.15, 0.2) is 0 Å². The Morgan fingerprint density at radius 3 is 2.31 bits per heavy atom. The second-order valence-electron chi connectivity index (χ2n) is 4.30. The van der Waals surface area contributed by atoms with Gasteiger partial charge in [-0.15, -0.1) is 0 Å². The summed E-state index contributed by atoms with van der Waals surface area (Å²) in [5, 5.41) is 0. The van der Waals surface area contributed by atoms with E-state index < -0.39 is 0 Å². The molecule has 0 heterocycles. The van der Waals surface area contributed by atoms with Gasteiger partial charge in [-0.1, -0.05) is 32.1 Å². The fourth-order valence-electron chi connectivity index (χ4n) is 0.880. The molecule has 0 saturated heterocycles. The molecule has 0 amide bonds. The molecule has 0 fully saturated rings. The lowest BCUT2D eigenvalue weighted by Gasteiger charge is -2.14. The lowest BCUT2D eigenvalue weighted by Crippen LogP contribution is -2.15. The molecule has 76 valence electrons. The van der Waals surface area contributed by atoms with Crippen molar-refractivity contribution in [3.8, 4) is 12.0 Å². The van der Waals surface area contributed by atoms with Crippen molar-refractivity contribution in [1.82, 2.24) is 0 Å². The molecule has 0 saturated carbocycles. The predicted octanol–water partition coefficient (Wildman–Crippen LogP) is 3.73. The zero-order valence-electron chi connectivity index (χ0n) is 9.44. The molecule has 0 radical (unpaired) electrons. The summed E-state index contributed by atoms with van der Waals surface area (Å²) in [6, 6.07) is 0. The summed E-state index contributed by atoms with van der Waals surface area (Å²) in [7, 11) is 0. The Bertz CT molecular complexity index is 166. The fraction of sp³-hybridized carbons (Fsp3) is 0.833. The van der Waals surface area contributed by atoms with Crippen LogP contribution >= 0.6 is 0 Å². The maximum atomic E-state index is 5.27. The second kappa shape index (κ2) is 6.83. The van der Waals surface area contributed by atoms with Gasteiger partial charge in [0.2, 0.25) is 0 Å². The van der Waals surface area contributed by atoms with E-state index in [9.17, 15) is 0 Å². The van der Waals surface area contributed by atoms with Crippen molar-refractivity contribution in [3.63, 3.8) is 0 Å². The Morgan fingerprint density at radius 1 is 1.08 bits per heavy atom. The largest absolute Gasteiger partial charge is 0.441 e. The Hall–Kier alpha value is -0.640. The molecule has 1 nitrogen and oxygen atoms in total. The molecule has 0 aromatic heterocycles. The summed E-state index contributed by atoms with van der Waals surface area (Å²) in [5.74, 6) is 3.03. The minimum Gasteiger partial charge on any atom is -0.441 e. The van der Waals surface area contributed by atoms with Gasteiger partial charge in [0.25, 0.3) is 0 Å². The SMILES string of the molecule is CCCCCCC#COC(C)(C)C. The fourth-order valence-corrected chi connectivity index (χ4v) is 0.880. The first-order valence-corrected chi connectivity index (χ1v) is 5.22. The molecular formula is C12H22O. The molecule has 0 bridgehead atoms. The second-order valence-corrected chi connectivity index (χ2v) is 4.30. The molecule has 13 heavy (non-hydrogen) atoms. The monoisotopic (exact) mass is 182 g/mol. The van der Waals surface area contributed by atoms with E-state index in [0.717, 1.165) is 6.42 Å². The predicted molar refractivity (Wildman–Crippen MR) is 57.4 cm³/mol. The number of ether oxygens (including phenoxy) is 1. The van der Waals surface area contributed by atoms with Crippen molar-refractivity contribution in [2.45, 2.75) is 65.4 Å². The van der Waals surface area contributed by atoms with E-state index in [1.807, 2.05) is 20.8 Å². The summed E-state index contributed by atoms with van der Waals surface area (Å²) >= 11 is 0. The van der Waals surface area contributed by atoms with Crippen molar-refractivity contribution in [1.29, 1.82) is 0 Å². The van der Waals surface area contributed by atoms with Crippen LogP contribution in [0.5, 0.6) is 0 Å². The van der Waals surface area contributed by atoms with Crippen LogP contribution < -0.4 is 0 Å². The highest BCUT2D eigenvalue weighted by atomic mass is 16.5. The molecule has 0 rings (SSSR count). The summed E-state index contributed by atoms with van der Waals surface area (Å²) in [4.78, 5) is 0. The third-order valence-corrected chi connectivity index (χ3v) is 1.58. The third-order valence-electron chi connectivity index (χ3n) is 1.58. The van der Waals surface area contributed by atoms with Crippen LogP contribution in [-0.2, 0) is 4.74 Å². The Labute approximate surface area is 82.9 Å². The van der Waals surface area contributed by atoms with Gasteiger partial charge in [0.05, 0.1) is 0 Å². The van der Waals surface area contributed by atoms with Crippen molar-refractivity contribution in [3.05, 3.63) is 0 Å². The smallest absolute Gasteiger partial charge is 0.112 e. The van der Waals surface area contributed by atoms with E-state index in [-0.39, 0.29) is 5.60 Å². The molecule has 0 aliphatic rings. The van der Waals surface area contributed by atoms with E-state index in [0.29, 0.717) is 0 Å². The Morgan fingerprint density at radius 2 is 1.77 bits per heavy atom. The number of hydrogen-bond donors (Lipinski definition) is 0. The summed E-state index contributed by atoms with van der Waals surface area (Å²) in [6.07, 6.45) is 8.82. The highest BCUT2D eigenvalue weighted by Crippen LogP contribution is 2.05. The van der Waals surface area contributed by atoms with Crippen LogP contribution in [-0.4, -0.2) is 5.60 Å². The van der Waals surface area contributed by atoms with Gasteiger partial charge in [-0.3, -0.25) is 0 Å². The van der Waals surface area contributed by atoms with Crippen LogP contribution in [0.4, 0.5) is 0 Å². The standard InChI is InChI=1S/C12H22O/c1-5-6-7-8-9-10-11-13-12(2,3)4/h5-9H2,1-4H3. The molecule has 0 aromatic rings. The third kappa shape index (κ3) is 11.4. The molecule has 0 unspecified atom stereocenters. The first-order valence-electron chi connectivity index (χ1n) is 5.22. The van der Waals surface area contributed by atoms with Gasteiger partial charge in [0.1, 0.15) is 11.7 Å². The van der Waals surface area contributed by atoms with Gasteiger partial charge in [-0.05, 0) is 27.2 Å². The zero-order valence-corrected chi connectivity index (χ0v) is 9.44. The highest BCUT2D eigenvalue weighted by molar-refractivity contribution is 4.92. The van der Waals surface area contributed by atoms with Crippen LogP contribution in [0.15, 0.2) is 0 Å². The van der Waals surface area contributed by atoms with Crippen molar-refractivity contribution in [2.24, 2.45) is 0 Å². The minimum atomic E-state index is -0.129. The Balaban J connectivity index is 3.31. The van der Waals surface area contributed by atoms with Gasteiger partial charge >= 0.3 is 0 Å². The molecule has 0 N–H and O–H groups in total. The first kappa shape index (κ1) is 12.4. The van der Waals surface area contributed by atoms with Crippen LogP contribution in [0.2, 0.25) is 0 Å². The maximum Gasteiger partial charge on any atom is 0.112 e. The van der Waals surface area contributed by atoms with Crippen LogP contribution in [0.1, 0.15) is 59.8 Å². The summed E-state index contributed by atoms with van der Waals surface area (Å²) < 4.78 is 5.27. The van der Waals surface area contributed by atoms with Gasteiger partial charge < -0.3 is 4.74 Å². The minimum absolute atomic E-state index is 0.129. The molecule has 0 aliphatic heterocycles. The summed E-state index contributed by atoms with van der Waals surface area (Å²) in [5.41, 5.74) is -0.129. The average Bonchev–Trinajstić information content (AvgIpc) is 2.01. The van der Waals surface area contributed by atoms with Crippen molar-refractivity contribution < 1.29 is 4.74 Å². The lowest BCUT2D eigenvalue weighted by atomic mass is 10.2. The van der Waals surface area contributed by atoms with Crippen molar-refractivity contribution >= 4 is 0 Å². The number of rotatable bonds is 4. The topological polar surface area (TPSA) is 9.23 Å². The van der Waals surface area contributed by atoms with E-state index in [1.165, 1.54) is 25.7 Å². The number of hydrogen-bond acceptors (Lipinski definition) is 1. The molecule has 0 spiro atoms. The van der Waals surface area contributed by atoms with Crippen LogP contribution in [0.3, 0.4) is 0 Å². The molecule has 0 aliphatic carbocycles. The normalized spacial score (nSPS) is 10.5. The van der Waals surface area contributed by atoms with Crippen molar-refractivity contribution in [2.75, 3.05) is 0 Å². The average molecular weight is 182 g/mol. The quantitative estimate of drug-likeness (QED) is 0.475. The van der Waals surface area contributed by atoms with Crippen LogP contribution in [0, 0.1) is 12.0 Å².